The van der Waals surface area contributed by atoms with Gasteiger partial charge in [-0.1, -0.05) is 36.4 Å². The Labute approximate surface area is 148 Å². The van der Waals surface area contributed by atoms with Gasteiger partial charge in [-0.3, -0.25) is 4.98 Å². The second-order valence-corrected chi connectivity index (χ2v) is 6.44. The zero-order valence-electron chi connectivity index (χ0n) is 13.8. The number of hydrogen-bond acceptors (Lipinski definition) is 3. The second kappa shape index (κ2) is 4.96. The summed E-state index contributed by atoms with van der Waals surface area (Å²) in [5.74, 6) is 0. The van der Waals surface area contributed by atoms with Gasteiger partial charge >= 0.3 is 0 Å². The number of benzene rings is 3. The molecule has 0 N–H and O–H groups in total. The van der Waals surface area contributed by atoms with Crippen LogP contribution in [0.15, 0.2) is 87.8 Å². The third kappa shape index (κ3) is 1.80. The lowest BCUT2D eigenvalue weighted by molar-refractivity contribution is 0.656. The number of rotatable bonds is 1. The number of nitrogens with zero attached hydrogens (tertiary/aromatic N) is 1. The van der Waals surface area contributed by atoms with E-state index in [1.165, 1.54) is 0 Å². The van der Waals surface area contributed by atoms with Crippen molar-refractivity contribution in [3.63, 3.8) is 0 Å². The van der Waals surface area contributed by atoms with E-state index < -0.39 is 0 Å². The molecule has 122 valence electrons. The van der Waals surface area contributed by atoms with E-state index >= 15 is 0 Å². The van der Waals surface area contributed by atoms with Crippen LogP contribution in [-0.2, 0) is 0 Å². The first-order valence-corrected chi connectivity index (χ1v) is 8.56. The molecule has 0 amide bonds. The van der Waals surface area contributed by atoms with Crippen molar-refractivity contribution in [1.29, 1.82) is 0 Å². The van der Waals surface area contributed by atoms with Gasteiger partial charge in [0.25, 0.3) is 0 Å². The Morgan fingerprint density at radius 1 is 0.577 bits per heavy atom. The predicted octanol–water partition coefficient (Wildman–Crippen LogP) is 6.55. The molecular weight excluding hydrogens is 322 g/mol. The summed E-state index contributed by atoms with van der Waals surface area (Å²) in [4.78, 5) is 4.48. The van der Waals surface area contributed by atoms with Crippen LogP contribution < -0.4 is 0 Å². The minimum absolute atomic E-state index is 0.829. The minimum atomic E-state index is 0.829. The molecule has 3 aromatic heterocycles. The zero-order valence-corrected chi connectivity index (χ0v) is 13.8. The van der Waals surface area contributed by atoms with Gasteiger partial charge in [0.05, 0.1) is 5.69 Å². The highest BCUT2D eigenvalue weighted by Crippen LogP contribution is 2.39. The van der Waals surface area contributed by atoms with Gasteiger partial charge < -0.3 is 8.83 Å². The van der Waals surface area contributed by atoms with Crippen LogP contribution in [0.25, 0.3) is 55.1 Å². The first kappa shape index (κ1) is 13.7. The molecule has 0 saturated carbocycles. The molecule has 0 atom stereocenters. The molecule has 3 aromatic carbocycles. The fraction of sp³-hybridized carbons (Fsp3) is 0. The van der Waals surface area contributed by atoms with Crippen LogP contribution in [0, 0.1) is 0 Å². The van der Waals surface area contributed by atoms with Crippen LogP contribution in [0.3, 0.4) is 0 Å². The molecule has 3 heteroatoms. The van der Waals surface area contributed by atoms with Crippen LogP contribution in [-0.4, -0.2) is 4.98 Å². The molecule has 0 fully saturated rings. The van der Waals surface area contributed by atoms with E-state index in [-0.39, 0.29) is 0 Å². The topological polar surface area (TPSA) is 39.2 Å². The first-order valence-electron chi connectivity index (χ1n) is 8.56. The SMILES string of the molecule is c1ccc(-c2cccc3c2oc2cc4oc5ccccc5c4cc23)nc1. The average Bonchev–Trinajstić information content (AvgIpc) is 3.24. The Balaban J connectivity index is 1.74. The van der Waals surface area contributed by atoms with E-state index in [9.17, 15) is 0 Å². The number of pyridine rings is 1. The summed E-state index contributed by atoms with van der Waals surface area (Å²) in [6, 6.07) is 24.4. The van der Waals surface area contributed by atoms with E-state index in [2.05, 4.69) is 29.2 Å². The maximum atomic E-state index is 6.24. The Hall–Kier alpha value is -3.59. The van der Waals surface area contributed by atoms with Crippen LogP contribution in [0.5, 0.6) is 0 Å². The van der Waals surface area contributed by atoms with Crippen LogP contribution in [0.2, 0.25) is 0 Å². The molecule has 0 aliphatic carbocycles. The van der Waals surface area contributed by atoms with Crippen molar-refractivity contribution >= 4 is 43.9 Å². The lowest BCUT2D eigenvalue weighted by atomic mass is 10.0. The molecule has 0 radical (unpaired) electrons. The summed E-state index contributed by atoms with van der Waals surface area (Å²) in [5, 5.41) is 4.42. The highest BCUT2D eigenvalue weighted by molar-refractivity contribution is 6.16. The summed E-state index contributed by atoms with van der Waals surface area (Å²) in [5.41, 5.74) is 5.34. The minimum Gasteiger partial charge on any atom is -0.456 e. The van der Waals surface area contributed by atoms with Gasteiger partial charge in [0.1, 0.15) is 22.3 Å². The fourth-order valence-electron chi connectivity index (χ4n) is 3.74. The molecule has 0 bridgehead atoms. The Bertz CT molecular complexity index is 1420. The number of hydrogen-bond donors (Lipinski definition) is 0. The van der Waals surface area contributed by atoms with E-state index in [1.807, 2.05) is 48.5 Å². The van der Waals surface area contributed by atoms with E-state index in [1.54, 1.807) is 6.20 Å². The molecular formula is C23H13NO2. The molecule has 0 aliphatic rings. The molecule has 6 rings (SSSR count). The van der Waals surface area contributed by atoms with Crippen molar-refractivity contribution in [3.8, 4) is 11.3 Å². The highest BCUT2D eigenvalue weighted by Gasteiger charge is 2.15. The van der Waals surface area contributed by atoms with Gasteiger partial charge in [-0.2, -0.15) is 0 Å². The molecule has 0 saturated heterocycles. The van der Waals surface area contributed by atoms with E-state index in [4.69, 9.17) is 8.83 Å². The summed E-state index contributed by atoms with van der Waals surface area (Å²) in [7, 11) is 0. The van der Waals surface area contributed by atoms with Crippen molar-refractivity contribution in [2.45, 2.75) is 0 Å². The Morgan fingerprint density at radius 2 is 1.38 bits per heavy atom. The van der Waals surface area contributed by atoms with Gasteiger partial charge in [-0.05, 0) is 30.3 Å². The third-order valence-electron chi connectivity index (χ3n) is 4.94. The van der Waals surface area contributed by atoms with Crippen molar-refractivity contribution < 1.29 is 8.83 Å². The summed E-state index contributed by atoms with van der Waals surface area (Å²) >= 11 is 0. The standard InChI is InChI=1S/C23H13NO2/c1-2-10-20-14(6-1)17-12-18-15-7-5-8-16(19-9-3-4-11-24-19)23(15)26-22(18)13-21(17)25-20/h1-13H. The van der Waals surface area contributed by atoms with Gasteiger partial charge in [-0.25, -0.2) is 0 Å². The van der Waals surface area contributed by atoms with Gasteiger partial charge in [0.15, 0.2) is 0 Å². The quantitative estimate of drug-likeness (QED) is 0.342. The lowest BCUT2D eigenvalue weighted by Gasteiger charge is -2.00. The Morgan fingerprint density at radius 3 is 2.31 bits per heavy atom. The normalized spacial score (nSPS) is 11.8. The molecule has 3 heterocycles. The van der Waals surface area contributed by atoms with Crippen LogP contribution in [0.4, 0.5) is 0 Å². The maximum absolute atomic E-state index is 6.24. The van der Waals surface area contributed by atoms with Crippen molar-refractivity contribution in [1.82, 2.24) is 4.98 Å². The average molecular weight is 335 g/mol. The predicted molar refractivity (Wildman–Crippen MR) is 104 cm³/mol. The van der Waals surface area contributed by atoms with E-state index in [0.717, 1.165) is 55.1 Å². The monoisotopic (exact) mass is 335 g/mol. The maximum Gasteiger partial charge on any atom is 0.144 e. The molecule has 6 aromatic rings. The van der Waals surface area contributed by atoms with Gasteiger partial charge in [-0.15, -0.1) is 0 Å². The van der Waals surface area contributed by atoms with E-state index in [0.29, 0.717) is 0 Å². The number of aromatic nitrogens is 1. The number of fused-ring (bicyclic) bond motifs is 6. The summed E-state index contributed by atoms with van der Waals surface area (Å²) in [6.07, 6.45) is 1.80. The molecule has 26 heavy (non-hydrogen) atoms. The second-order valence-electron chi connectivity index (χ2n) is 6.44. The van der Waals surface area contributed by atoms with Crippen LogP contribution >= 0.6 is 0 Å². The van der Waals surface area contributed by atoms with Gasteiger partial charge in [0, 0.05) is 39.4 Å². The largest absolute Gasteiger partial charge is 0.456 e. The number of para-hydroxylation sites is 2. The highest BCUT2D eigenvalue weighted by atomic mass is 16.3. The molecule has 3 nitrogen and oxygen atoms in total. The van der Waals surface area contributed by atoms with Crippen molar-refractivity contribution in [2.75, 3.05) is 0 Å². The van der Waals surface area contributed by atoms with Gasteiger partial charge in [0.2, 0.25) is 0 Å². The van der Waals surface area contributed by atoms with Crippen molar-refractivity contribution in [2.24, 2.45) is 0 Å². The summed E-state index contributed by atoms with van der Waals surface area (Å²) < 4.78 is 12.2. The zero-order chi connectivity index (χ0) is 17.1. The van der Waals surface area contributed by atoms with Crippen LogP contribution in [0.1, 0.15) is 0 Å². The Kier molecular flexibility index (Phi) is 2.61. The number of furan rings is 2. The smallest absolute Gasteiger partial charge is 0.144 e. The first-order chi connectivity index (χ1) is 12.9. The van der Waals surface area contributed by atoms with Crippen molar-refractivity contribution in [3.05, 3.63) is 79.0 Å². The fourth-order valence-corrected chi connectivity index (χ4v) is 3.74. The molecule has 0 unspecified atom stereocenters. The lowest BCUT2D eigenvalue weighted by Crippen LogP contribution is -1.81. The molecule has 0 spiro atoms. The molecule has 0 aliphatic heterocycles. The third-order valence-corrected chi connectivity index (χ3v) is 4.94. The summed E-state index contributed by atoms with van der Waals surface area (Å²) in [6.45, 7) is 0.